The van der Waals surface area contributed by atoms with E-state index in [0.717, 1.165) is 50.3 Å². The zero-order valence-corrected chi connectivity index (χ0v) is 14.8. The highest BCUT2D eigenvalue weighted by atomic mass is 16.5. The molecule has 0 radical (unpaired) electrons. The number of carbonyl (C=O) groups excluding carboxylic acids is 1. The van der Waals surface area contributed by atoms with Crippen molar-refractivity contribution in [3.8, 4) is 0 Å². The predicted octanol–water partition coefficient (Wildman–Crippen LogP) is 2.50. The van der Waals surface area contributed by atoms with Crippen molar-refractivity contribution in [1.82, 2.24) is 20.2 Å². The van der Waals surface area contributed by atoms with Gasteiger partial charge in [0.25, 0.3) is 0 Å². The van der Waals surface area contributed by atoms with Gasteiger partial charge in [-0.05, 0) is 56.4 Å². The average molecular weight is 344 g/mol. The molecule has 6 nitrogen and oxygen atoms in total. The zero-order valence-electron chi connectivity index (χ0n) is 14.8. The summed E-state index contributed by atoms with van der Waals surface area (Å²) in [6, 6.07) is 0.0568. The molecule has 3 heterocycles. The average Bonchev–Trinajstić information content (AvgIpc) is 3.36. The number of aromatic nitrogens is 2. The third kappa shape index (κ3) is 4.29. The number of carbonyl (C=O) groups is 1. The molecule has 136 valence electrons. The van der Waals surface area contributed by atoms with Gasteiger partial charge >= 0.3 is 6.03 Å². The number of ether oxygens (including phenoxy) is 1. The summed E-state index contributed by atoms with van der Waals surface area (Å²) in [7, 11) is 0. The maximum absolute atomic E-state index is 12.3. The molecule has 3 fully saturated rings. The Bertz CT molecular complexity index is 574. The first-order valence-corrected chi connectivity index (χ1v) is 9.75. The molecule has 1 aliphatic carbocycles. The molecule has 0 aromatic carbocycles. The molecule has 3 aliphatic rings. The molecule has 25 heavy (non-hydrogen) atoms. The molecule has 2 aliphatic heterocycles. The van der Waals surface area contributed by atoms with Crippen molar-refractivity contribution in [3.63, 3.8) is 0 Å². The van der Waals surface area contributed by atoms with Crippen LogP contribution in [0, 0.1) is 5.92 Å². The third-order valence-electron chi connectivity index (χ3n) is 5.68. The van der Waals surface area contributed by atoms with Crippen LogP contribution < -0.4 is 5.32 Å². The van der Waals surface area contributed by atoms with Crippen molar-refractivity contribution >= 4 is 6.03 Å². The summed E-state index contributed by atoms with van der Waals surface area (Å²) in [6.45, 7) is 3.23. The van der Waals surface area contributed by atoms with Crippen LogP contribution in [0.5, 0.6) is 0 Å². The molecular weight excluding hydrogens is 316 g/mol. The van der Waals surface area contributed by atoms with E-state index < -0.39 is 0 Å². The van der Waals surface area contributed by atoms with Gasteiger partial charge in [-0.3, -0.25) is 0 Å². The van der Waals surface area contributed by atoms with Crippen LogP contribution in [0.3, 0.4) is 0 Å². The first-order valence-electron chi connectivity index (χ1n) is 9.75. The number of hydrogen-bond acceptors (Lipinski definition) is 4. The Hall–Kier alpha value is -1.69. The molecule has 1 atom stereocenters. The van der Waals surface area contributed by atoms with Gasteiger partial charge in [0.05, 0.1) is 6.10 Å². The van der Waals surface area contributed by atoms with Crippen LogP contribution in [-0.4, -0.2) is 53.2 Å². The van der Waals surface area contributed by atoms with Crippen molar-refractivity contribution in [2.24, 2.45) is 5.92 Å². The molecule has 0 spiro atoms. The smallest absolute Gasteiger partial charge is 0.317 e. The SMILES string of the molecule is O=C(NCCc1cnc(C2CC2)nc1)N1CCC([C@H]2CCCO2)CC1. The fraction of sp³-hybridized carbons (Fsp3) is 0.737. The van der Waals surface area contributed by atoms with E-state index in [9.17, 15) is 4.79 Å². The maximum Gasteiger partial charge on any atom is 0.317 e. The van der Waals surface area contributed by atoms with E-state index in [0.29, 0.717) is 24.5 Å². The molecule has 2 saturated heterocycles. The van der Waals surface area contributed by atoms with Gasteiger partial charge in [0.1, 0.15) is 5.82 Å². The van der Waals surface area contributed by atoms with Crippen LogP contribution in [0.1, 0.15) is 55.8 Å². The fourth-order valence-electron chi connectivity index (χ4n) is 3.92. The summed E-state index contributed by atoms with van der Waals surface area (Å²) >= 11 is 0. The maximum atomic E-state index is 12.3. The molecule has 1 aromatic rings. The van der Waals surface area contributed by atoms with Crippen LogP contribution in [-0.2, 0) is 11.2 Å². The van der Waals surface area contributed by atoms with E-state index in [2.05, 4.69) is 15.3 Å². The first-order chi connectivity index (χ1) is 12.3. The number of piperidine rings is 1. The predicted molar refractivity (Wildman–Crippen MR) is 94.4 cm³/mol. The third-order valence-corrected chi connectivity index (χ3v) is 5.68. The van der Waals surface area contributed by atoms with Crippen molar-refractivity contribution in [1.29, 1.82) is 0 Å². The Labute approximate surface area is 149 Å². The molecule has 0 bridgehead atoms. The minimum Gasteiger partial charge on any atom is -0.378 e. The highest BCUT2D eigenvalue weighted by Crippen LogP contribution is 2.37. The zero-order chi connectivity index (χ0) is 17.1. The quantitative estimate of drug-likeness (QED) is 0.891. The number of rotatable bonds is 5. The van der Waals surface area contributed by atoms with Gasteiger partial charge in [-0.25, -0.2) is 14.8 Å². The Morgan fingerprint density at radius 1 is 1.16 bits per heavy atom. The van der Waals surface area contributed by atoms with E-state index in [1.54, 1.807) is 0 Å². The van der Waals surface area contributed by atoms with Gasteiger partial charge in [-0.15, -0.1) is 0 Å². The molecule has 2 amide bonds. The summed E-state index contributed by atoms with van der Waals surface area (Å²) in [5.41, 5.74) is 1.08. The fourth-order valence-corrected chi connectivity index (χ4v) is 3.92. The summed E-state index contributed by atoms with van der Waals surface area (Å²) in [5, 5.41) is 3.04. The standard InChI is InChI=1S/C19H28N4O2/c24-19(23-9-6-15(7-10-23)17-2-1-11-25-17)20-8-5-14-12-21-18(22-13-14)16-3-4-16/h12-13,15-17H,1-11H2,(H,20,24)/t17-/m1/s1. The van der Waals surface area contributed by atoms with Crippen molar-refractivity contribution in [2.45, 2.75) is 57.0 Å². The van der Waals surface area contributed by atoms with E-state index >= 15 is 0 Å². The summed E-state index contributed by atoms with van der Waals surface area (Å²) < 4.78 is 5.80. The highest BCUT2D eigenvalue weighted by molar-refractivity contribution is 5.74. The van der Waals surface area contributed by atoms with Crippen LogP contribution in [0.2, 0.25) is 0 Å². The number of hydrogen-bond donors (Lipinski definition) is 1. The number of likely N-dealkylation sites (tertiary alicyclic amines) is 1. The first kappa shape index (κ1) is 16.8. The Morgan fingerprint density at radius 3 is 2.56 bits per heavy atom. The lowest BCUT2D eigenvalue weighted by Crippen LogP contribution is -2.46. The van der Waals surface area contributed by atoms with Crippen LogP contribution in [0.25, 0.3) is 0 Å². The summed E-state index contributed by atoms with van der Waals surface area (Å²) in [4.78, 5) is 23.1. The Balaban J connectivity index is 1.16. The molecule has 0 unspecified atom stereocenters. The van der Waals surface area contributed by atoms with Gasteiger partial charge in [0, 0.05) is 44.6 Å². The number of urea groups is 1. The van der Waals surface area contributed by atoms with Crippen molar-refractivity contribution in [3.05, 3.63) is 23.8 Å². The monoisotopic (exact) mass is 344 g/mol. The largest absolute Gasteiger partial charge is 0.378 e. The Morgan fingerprint density at radius 2 is 1.92 bits per heavy atom. The van der Waals surface area contributed by atoms with Gasteiger partial charge in [0.2, 0.25) is 0 Å². The summed E-state index contributed by atoms with van der Waals surface area (Å²) in [5.74, 6) is 2.20. The van der Waals surface area contributed by atoms with E-state index in [-0.39, 0.29) is 6.03 Å². The lowest BCUT2D eigenvalue weighted by molar-refractivity contribution is 0.0373. The van der Waals surface area contributed by atoms with Crippen LogP contribution >= 0.6 is 0 Å². The second-order valence-electron chi connectivity index (χ2n) is 7.58. The van der Waals surface area contributed by atoms with Crippen molar-refractivity contribution in [2.75, 3.05) is 26.2 Å². The molecule has 4 rings (SSSR count). The van der Waals surface area contributed by atoms with Crippen LogP contribution in [0.4, 0.5) is 4.79 Å². The minimum atomic E-state index is 0.0568. The molecule has 1 saturated carbocycles. The van der Waals surface area contributed by atoms with Gasteiger partial charge < -0.3 is 15.0 Å². The van der Waals surface area contributed by atoms with Crippen molar-refractivity contribution < 1.29 is 9.53 Å². The lowest BCUT2D eigenvalue weighted by atomic mass is 9.90. The number of nitrogens with zero attached hydrogens (tertiary/aromatic N) is 3. The molecule has 1 N–H and O–H groups in total. The second kappa shape index (κ2) is 7.68. The van der Waals surface area contributed by atoms with Gasteiger partial charge in [-0.1, -0.05) is 0 Å². The summed E-state index contributed by atoms with van der Waals surface area (Å²) in [6.07, 6.45) is 12.0. The molecule has 6 heteroatoms. The lowest BCUT2D eigenvalue weighted by Gasteiger charge is -2.34. The molecule has 1 aromatic heterocycles. The topological polar surface area (TPSA) is 67.4 Å². The number of amides is 2. The molecular formula is C19H28N4O2. The number of nitrogens with one attached hydrogen (secondary N) is 1. The Kier molecular flexibility index (Phi) is 5.15. The van der Waals surface area contributed by atoms with E-state index in [1.165, 1.54) is 25.7 Å². The van der Waals surface area contributed by atoms with E-state index in [4.69, 9.17) is 4.74 Å². The minimum absolute atomic E-state index is 0.0568. The second-order valence-corrected chi connectivity index (χ2v) is 7.58. The van der Waals surface area contributed by atoms with Gasteiger partial charge in [-0.2, -0.15) is 0 Å². The van der Waals surface area contributed by atoms with Crippen LogP contribution in [0.15, 0.2) is 12.4 Å². The van der Waals surface area contributed by atoms with Gasteiger partial charge in [0.15, 0.2) is 0 Å². The van der Waals surface area contributed by atoms with E-state index in [1.807, 2.05) is 17.3 Å². The highest BCUT2D eigenvalue weighted by Gasteiger charge is 2.30. The normalized spacial score (nSPS) is 24.5.